The number of carbonyl (C=O) groups excluding carboxylic acids is 1. The highest BCUT2D eigenvalue weighted by Gasteiger charge is 2.28. The maximum absolute atomic E-state index is 12.3. The second-order valence-corrected chi connectivity index (χ2v) is 6.33. The van der Waals surface area contributed by atoms with Crippen molar-refractivity contribution in [3.63, 3.8) is 0 Å². The predicted molar refractivity (Wildman–Crippen MR) is 86.1 cm³/mol. The van der Waals surface area contributed by atoms with Crippen LogP contribution in [0.25, 0.3) is 0 Å². The zero-order chi connectivity index (χ0) is 15.4. The maximum Gasteiger partial charge on any atom is 0.318 e. The first-order valence-corrected chi connectivity index (χ1v) is 8.26. The Labute approximate surface area is 133 Å². The van der Waals surface area contributed by atoms with E-state index in [1.54, 1.807) is 23.7 Å². The molecule has 0 bridgehead atoms. The molecule has 22 heavy (non-hydrogen) atoms. The van der Waals surface area contributed by atoms with Gasteiger partial charge in [-0.3, -0.25) is 4.98 Å². The molecule has 2 aromatic heterocycles. The van der Waals surface area contributed by atoms with Crippen LogP contribution in [0.3, 0.4) is 0 Å². The summed E-state index contributed by atoms with van der Waals surface area (Å²) in [5.41, 5.74) is 0. The van der Waals surface area contributed by atoms with Gasteiger partial charge in [-0.15, -0.1) is 11.3 Å². The molecule has 116 valence electrons. The summed E-state index contributed by atoms with van der Waals surface area (Å²) in [7, 11) is 0. The van der Waals surface area contributed by atoms with Crippen LogP contribution < -0.4 is 10.1 Å². The van der Waals surface area contributed by atoms with Crippen molar-refractivity contribution in [3.8, 4) is 5.75 Å². The molecule has 2 atom stereocenters. The van der Waals surface area contributed by atoms with Crippen molar-refractivity contribution in [1.29, 1.82) is 0 Å². The highest BCUT2D eigenvalue weighted by Crippen LogP contribution is 2.20. The lowest BCUT2D eigenvalue weighted by Crippen LogP contribution is -2.40. The van der Waals surface area contributed by atoms with Gasteiger partial charge in [0.2, 0.25) is 0 Å². The Hall–Kier alpha value is -2.08. The number of amides is 2. The van der Waals surface area contributed by atoms with E-state index in [0.717, 1.165) is 17.0 Å². The van der Waals surface area contributed by atoms with E-state index in [4.69, 9.17) is 4.74 Å². The van der Waals surface area contributed by atoms with Crippen LogP contribution in [0.15, 0.2) is 42.0 Å². The summed E-state index contributed by atoms with van der Waals surface area (Å²) in [5, 5.41) is 5.06. The average molecular weight is 317 g/mol. The van der Waals surface area contributed by atoms with Crippen LogP contribution >= 0.6 is 11.3 Å². The summed E-state index contributed by atoms with van der Waals surface area (Å²) in [6.45, 7) is 3.33. The minimum Gasteiger partial charge on any atom is -0.487 e. The first-order chi connectivity index (χ1) is 10.7. The molecule has 2 aromatic rings. The molecule has 0 unspecified atom stereocenters. The molecule has 0 aromatic carbocycles. The Morgan fingerprint density at radius 2 is 2.41 bits per heavy atom. The zero-order valence-corrected chi connectivity index (χ0v) is 13.3. The molecule has 0 aliphatic carbocycles. The van der Waals surface area contributed by atoms with Gasteiger partial charge < -0.3 is 15.0 Å². The van der Waals surface area contributed by atoms with Gasteiger partial charge in [0.25, 0.3) is 0 Å². The number of pyridine rings is 1. The van der Waals surface area contributed by atoms with Crippen LogP contribution in [-0.2, 0) is 0 Å². The number of nitrogens with one attached hydrogen (secondary N) is 1. The van der Waals surface area contributed by atoms with Crippen LogP contribution in [0.1, 0.15) is 24.3 Å². The van der Waals surface area contributed by atoms with Crippen molar-refractivity contribution in [3.05, 3.63) is 46.9 Å². The SMILES string of the molecule is C[C@@H](NC(=O)N1CC[C@H](Oc2cccnc2)C1)c1cccs1. The van der Waals surface area contributed by atoms with Gasteiger partial charge in [0.1, 0.15) is 11.9 Å². The standard InChI is InChI=1S/C16H19N3O2S/c1-12(15-5-3-9-22-15)18-16(20)19-8-6-14(11-19)21-13-4-2-7-17-10-13/h2-5,7,9-10,12,14H,6,8,11H2,1H3,(H,18,20)/t12-,14+/m1/s1. The number of likely N-dealkylation sites (tertiary alicyclic amines) is 1. The number of urea groups is 1. The van der Waals surface area contributed by atoms with E-state index < -0.39 is 0 Å². The van der Waals surface area contributed by atoms with Gasteiger partial charge in [-0.05, 0) is 30.5 Å². The number of aromatic nitrogens is 1. The number of thiophene rings is 1. The third-order valence-electron chi connectivity index (χ3n) is 3.68. The molecule has 0 saturated carbocycles. The monoisotopic (exact) mass is 317 g/mol. The van der Waals surface area contributed by atoms with Gasteiger partial charge in [-0.2, -0.15) is 0 Å². The third kappa shape index (κ3) is 3.57. The highest BCUT2D eigenvalue weighted by atomic mass is 32.1. The molecular formula is C16H19N3O2S. The summed E-state index contributed by atoms with van der Waals surface area (Å²) in [5.74, 6) is 0.752. The largest absolute Gasteiger partial charge is 0.487 e. The van der Waals surface area contributed by atoms with Crippen molar-refractivity contribution < 1.29 is 9.53 Å². The quantitative estimate of drug-likeness (QED) is 0.943. The number of carbonyl (C=O) groups is 1. The fourth-order valence-corrected chi connectivity index (χ4v) is 3.24. The number of ether oxygens (including phenoxy) is 1. The summed E-state index contributed by atoms with van der Waals surface area (Å²) >= 11 is 1.65. The molecule has 0 spiro atoms. The maximum atomic E-state index is 12.3. The average Bonchev–Trinajstić information content (AvgIpc) is 3.19. The van der Waals surface area contributed by atoms with Gasteiger partial charge in [0, 0.05) is 24.0 Å². The highest BCUT2D eigenvalue weighted by molar-refractivity contribution is 7.10. The minimum absolute atomic E-state index is 0.0295. The Balaban J connectivity index is 1.50. The van der Waals surface area contributed by atoms with Crippen LogP contribution in [-0.4, -0.2) is 35.1 Å². The lowest BCUT2D eigenvalue weighted by Gasteiger charge is -2.20. The van der Waals surface area contributed by atoms with Gasteiger partial charge in [0.05, 0.1) is 18.8 Å². The second kappa shape index (κ2) is 6.79. The van der Waals surface area contributed by atoms with Crippen LogP contribution in [0.2, 0.25) is 0 Å². The second-order valence-electron chi connectivity index (χ2n) is 5.35. The smallest absolute Gasteiger partial charge is 0.318 e. The van der Waals surface area contributed by atoms with Gasteiger partial charge in [-0.25, -0.2) is 4.79 Å². The van der Waals surface area contributed by atoms with E-state index in [0.29, 0.717) is 13.1 Å². The first kappa shape index (κ1) is 14.8. The van der Waals surface area contributed by atoms with Crippen molar-refractivity contribution in [2.45, 2.75) is 25.5 Å². The number of hydrogen-bond acceptors (Lipinski definition) is 4. The molecule has 2 amide bonds. The number of nitrogens with zero attached hydrogens (tertiary/aromatic N) is 2. The molecule has 5 nitrogen and oxygen atoms in total. The Morgan fingerprint density at radius 3 is 3.14 bits per heavy atom. The minimum atomic E-state index is -0.0295. The number of rotatable bonds is 4. The van der Waals surface area contributed by atoms with E-state index >= 15 is 0 Å². The van der Waals surface area contributed by atoms with Gasteiger partial charge in [-0.1, -0.05) is 6.07 Å². The van der Waals surface area contributed by atoms with Crippen molar-refractivity contribution in [2.24, 2.45) is 0 Å². The van der Waals surface area contributed by atoms with Crippen LogP contribution in [0, 0.1) is 0 Å². The van der Waals surface area contributed by atoms with E-state index in [9.17, 15) is 4.79 Å². The molecule has 1 fully saturated rings. The third-order valence-corrected chi connectivity index (χ3v) is 4.73. The molecule has 3 rings (SSSR count). The fraction of sp³-hybridized carbons (Fsp3) is 0.375. The zero-order valence-electron chi connectivity index (χ0n) is 12.4. The lowest BCUT2D eigenvalue weighted by molar-refractivity contribution is 0.184. The van der Waals surface area contributed by atoms with Crippen molar-refractivity contribution >= 4 is 17.4 Å². The summed E-state index contributed by atoms with van der Waals surface area (Å²) in [6, 6.07) is 7.76. The van der Waals surface area contributed by atoms with Crippen molar-refractivity contribution in [2.75, 3.05) is 13.1 Å². The molecule has 6 heteroatoms. The van der Waals surface area contributed by atoms with Gasteiger partial charge in [0.15, 0.2) is 0 Å². The molecule has 0 radical (unpaired) electrons. The van der Waals surface area contributed by atoms with Crippen LogP contribution in [0.4, 0.5) is 4.79 Å². The normalized spacial score (nSPS) is 19.0. The molecule has 3 heterocycles. The molecule has 1 aliphatic heterocycles. The Morgan fingerprint density at radius 1 is 1.50 bits per heavy atom. The summed E-state index contributed by atoms with van der Waals surface area (Å²) < 4.78 is 5.85. The summed E-state index contributed by atoms with van der Waals surface area (Å²) in [6.07, 6.45) is 4.29. The van der Waals surface area contributed by atoms with Crippen LogP contribution in [0.5, 0.6) is 5.75 Å². The summed E-state index contributed by atoms with van der Waals surface area (Å²) in [4.78, 5) is 19.3. The van der Waals surface area contributed by atoms with Gasteiger partial charge >= 0.3 is 6.03 Å². The van der Waals surface area contributed by atoms with E-state index in [1.807, 2.05) is 41.5 Å². The first-order valence-electron chi connectivity index (χ1n) is 7.38. The molecule has 1 aliphatic rings. The Bertz CT molecular complexity index is 603. The number of hydrogen-bond donors (Lipinski definition) is 1. The van der Waals surface area contributed by atoms with E-state index in [2.05, 4.69) is 10.3 Å². The lowest BCUT2D eigenvalue weighted by atomic mass is 10.3. The topological polar surface area (TPSA) is 54.5 Å². The van der Waals surface area contributed by atoms with E-state index in [-0.39, 0.29) is 18.2 Å². The van der Waals surface area contributed by atoms with E-state index in [1.165, 1.54) is 0 Å². The molecular weight excluding hydrogens is 298 g/mol. The fourth-order valence-electron chi connectivity index (χ4n) is 2.50. The van der Waals surface area contributed by atoms with Crippen molar-refractivity contribution in [1.82, 2.24) is 15.2 Å². The molecule has 1 saturated heterocycles. The Kier molecular flexibility index (Phi) is 4.58. The predicted octanol–water partition coefficient (Wildman–Crippen LogP) is 3.07. The molecule has 1 N–H and O–H groups in total.